The highest BCUT2D eigenvalue weighted by atomic mass is 19.2. The van der Waals surface area contributed by atoms with E-state index in [0.29, 0.717) is 63.5 Å². The molecule has 2 atom stereocenters. The monoisotopic (exact) mass is 471 g/mol. The first-order chi connectivity index (χ1) is 16.4. The molecule has 2 aromatic carbocycles. The van der Waals surface area contributed by atoms with Crippen LogP contribution < -0.4 is 17.0 Å². The number of nitrogens with one attached hydrogen (secondary N) is 1. The second-order valence-corrected chi connectivity index (χ2v) is 8.97. The van der Waals surface area contributed by atoms with E-state index in [4.69, 9.17) is 16.3 Å². The van der Waals surface area contributed by atoms with Gasteiger partial charge in [0.1, 0.15) is 5.84 Å². The number of fused-ring (bicyclic) bond motifs is 1. The number of amidine groups is 1. The Balaban J connectivity index is 1.51. The molecule has 2 unspecified atom stereocenters. The normalized spacial score (nSPS) is 20.6. The molecule has 0 bridgehead atoms. The molecule has 0 fully saturated rings. The number of carbonyl (C=O) groups is 1. The lowest BCUT2D eigenvalue weighted by Gasteiger charge is -2.38. The van der Waals surface area contributed by atoms with E-state index in [1.165, 1.54) is 12.1 Å². The lowest BCUT2D eigenvalue weighted by atomic mass is 9.71. The second kappa shape index (κ2) is 10.6. The molecule has 34 heavy (non-hydrogen) atoms. The Bertz CT molecular complexity index is 1050. The molecular weight excluding hydrogens is 440 g/mol. The topological polar surface area (TPSA) is 106 Å². The van der Waals surface area contributed by atoms with Crippen LogP contribution in [0.4, 0.5) is 8.78 Å². The number of aliphatic imine (C=N–C) groups is 1. The van der Waals surface area contributed by atoms with Gasteiger partial charge in [-0.15, -0.1) is 0 Å². The van der Waals surface area contributed by atoms with Gasteiger partial charge in [-0.3, -0.25) is 9.79 Å². The van der Waals surface area contributed by atoms with Crippen LogP contribution in [0.25, 0.3) is 0 Å². The molecule has 0 spiro atoms. The SMILES string of the molecule is NNC1=NCCN(C(=O)CC(N)C2(CCOCc3ccccc3)CCc3cc(F)c(F)cc32)C1. The van der Waals surface area contributed by atoms with Gasteiger partial charge in [-0.25, -0.2) is 14.6 Å². The van der Waals surface area contributed by atoms with Crippen molar-refractivity contribution in [2.75, 3.05) is 26.2 Å². The number of aryl methyl sites for hydroxylation is 1. The Morgan fingerprint density at radius 1 is 1.24 bits per heavy atom. The van der Waals surface area contributed by atoms with Crippen molar-refractivity contribution in [3.63, 3.8) is 0 Å². The summed E-state index contributed by atoms with van der Waals surface area (Å²) in [5.74, 6) is 4.11. The van der Waals surface area contributed by atoms with E-state index in [-0.39, 0.29) is 12.3 Å². The highest BCUT2D eigenvalue weighted by Gasteiger charge is 2.45. The minimum atomic E-state index is -0.903. The fourth-order valence-corrected chi connectivity index (χ4v) is 5.03. The van der Waals surface area contributed by atoms with E-state index in [2.05, 4.69) is 10.4 Å². The minimum Gasteiger partial charge on any atom is -0.377 e. The summed E-state index contributed by atoms with van der Waals surface area (Å²) in [6, 6.07) is 11.7. The zero-order valence-electron chi connectivity index (χ0n) is 19.1. The summed E-state index contributed by atoms with van der Waals surface area (Å²) in [5.41, 5.74) is 11.0. The number of amides is 1. The van der Waals surface area contributed by atoms with Gasteiger partial charge in [0, 0.05) is 31.0 Å². The highest BCUT2D eigenvalue weighted by molar-refractivity contribution is 5.89. The summed E-state index contributed by atoms with van der Waals surface area (Å²) in [5, 5.41) is 0. The van der Waals surface area contributed by atoms with Gasteiger partial charge in [-0.2, -0.15) is 0 Å². The van der Waals surface area contributed by atoms with E-state index in [1.54, 1.807) is 4.90 Å². The Kier molecular flexibility index (Phi) is 7.55. The van der Waals surface area contributed by atoms with Crippen LogP contribution in [-0.2, 0) is 28.0 Å². The summed E-state index contributed by atoms with van der Waals surface area (Å²) in [4.78, 5) is 19.0. The van der Waals surface area contributed by atoms with Crippen molar-refractivity contribution in [1.29, 1.82) is 0 Å². The molecule has 1 aliphatic carbocycles. The van der Waals surface area contributed by atoms with Crippen LogP contribution in [0.2, 0.25) is 0 Å². The molecule has 0 aromatic heterocycles. The molecular formula is C25H31F2N5O2. The molecule has 1 amide bonds. The van der Waals surface area contributed by atoms with Crippen LogP contribution in [0.15, 0.2) is 47.5 Å². The predicted molar refractivity (Wildman–Crippen MR) is 126 cm³/mol. The number of hydrazine groups is 1. The predicted octanol–water partition coefficient (Wildman–Crippen LogP) is 2.18. The standard InChI is InChI=1S/C25H31F2N5O2/c26-20-12-18-6-7-25(19(18)13-21(20)27,8-11-34-16-17-4-2-1-3-5-17)22(28)14-24(33)32-10-9-30-23(15-32)31-29/h1-5,12-13,22H,6-11,14-16,28-29H2,(H,30,31). The third-order valence-electron chi connectivity index (χ3n) is 6.96. The molecule has 182 valence electrons. The molecule has 0 radical (unpaired) electrons. The Labute approximate surface area is 198 Å². The van der Waals surface area contributed by atoms with E-state index in [9.17, 15) is 13.6 Å². The summed E-state index contributed by atoms with van der Waals surface area (Å²) in [6.07, 6.45) is 1.76. The number of rotatable bonds is 8. The first-order valence-corrected chi connectivity index (χ1v) is 11.6. The smallest absolute Gasteiger partial charge is 0.224 e. The summed E-state index contributed by atoms with van der Waals surface area (Å²) < 4.78 is 34.1. The van der Waals surface area contributed by atoms with Gasteiger partial charge in [-0.05, 0) is 48.1 Å². The number of halogens is 2. The third kappa shape index (κ3) is 5.11. The highest BCUT2D eigenvalue weighted by Crippen LogP contribution is 2.45. The molecule has 2 aromatic rings. The first-order valence-electron chi connectivity index (χ1n) is 11.6. The largest absolute Gasteiger partial charge is 0.377 e. The summed E-state index contributed by atoms with van der Waals surface area (Å²) >= 11 is 0. The lowest BCUT2D eigenvalue weighted by Crippen LogP contribution is -2.51. The van der Waals surface area contributed by atoms with Gasteiger partial charge in [0.2, 0.25) is 5.91 Å². The van der Waals surface area contributed by atoms with Gasteiger partial charge in [0.15, 0.2) is 11.6 Å². The maximum atomic E-state index is 14.3. The van der Waals surface area contributed by atoms with Gasteiger partial charge in [-0.1, -0.05) is 30.3 Å². The van der Waals surface area contributed by atoms with E-state index >= 15 is 0 Å². The van der Waals surface area contributed by atoms with E-state index in [1.807, 2.05) is 30.3 Å². The minimum absolute atomic E-state index is 0.0783. The van der Waals surface area contributed by atoms with Crippen LogP contribution in [0.1, 0.15) is 36.0 Å². The van der Waals surface area contributed by atoms with Crippen molar-refractivity contribution in [3.05, 3.63) is 70.8 Å². The van der Waals surface area contributed by atoms with Gasteiger partial charge < -0.3 is 20.8 Å². The second-order valence-electron chi connectivity index (χ2n) is 8.97. The average Bonchev–Trinajstić information content (AvgIpc) is 3.21. The molecule has 0 saturated carbocycles. The van der Waals surface area contributed by atoms with Crippen molar-refractivity contribution < 1.29 is 18.3 Å². The third-order valence-corrected chi connectivity index (χ3v) is 6.96. The van der Waals surface area contributed by atoms with Crippen molar-refractivity contribution >= 4 is 11.7 Å². The summed E-state index contributed by atoms with van der Waals surface area (Å²) in [7, 11) is 0. The fourth-order valence-electron chi connectivity index (χ4n) is 5.03. The summed E-state index contributed by atoms with van der Waals surface area (Å²) in [6.45, 7) is 2.07. The first kappa shape index (κ1) is 24.3. The van der Waals surface area contributed by atoms with Crippen LogP contribution in [0.3, 0.4) is 0 Å². The van der Waals surface area contributed by atoms with Crippen molar-refractivity contribution in [3.8, 4) is 0 Å². The maximum absolute atomic E-state index is 14.3. The molecule has 0 saturated heterocycles. The molecule has 7 nitrogen and oxygen atoms in total. The maximum Gasteiger partial charge on any atom is 0.224 e. The van der Waals surface area contributed by atoms with Crippen molar-refractivity contribution in [1.82, 2.24) is 10.3 Å². The van der Waals surface area contributed by atoms with Gasteiger partial charge in [0.05, 0.1) is 19.7 Å². The number of ether oxygens (including phenoxy) is 1. The zero-order chi connectivity index (χ0) is 24.1. The molecule has 1 heterocycles. The molecule has 4 rings (SSSR count). The quantitative estimate of drug-likeness (QED) is 0.311. The van der Waals surface area contributed by atoms with Crippen molar-refractivity contribution in [2.45, 2.75) is 43.7 Å². The average molecular weight is 472 g/mol. The fraction of sp³-hybridized carbons (Fsp3) is 0.440. The Morgan fingerprint density at radius 3 is 2.76 bits per heavy atom. The number of hydrogen-bond donors (Lipinski definition) is 3. The number of nitrogens with two attached hydrogens (primary N) is 2. The van der Waals surface area contributed by atoms with Gasteiger partial charge in [0.25, 0.3) is 0 Å². The Hall–Kier alpha value is -2.88. The van der Waals surface area contributed by atoms with Crippen LogP contribution in [0.5, 0.6) is 0 Å². The molecule has 2 aliphatic rings. The van der Waals surface area contributed by atoms with Gasteiger partial charge >= 0.3 is 0 Å². The van der Waals surface area contributed by atoms with Crippen LogP contribution in [0, 0.1) is 11.6 Å². The van der Waals surface area contributed by atoms with E-state index < -0.39 is 23.1 Å². The molecule has 5 N–H and O–H groups in total. The van der Waals surface area contributed by atoms with Crippen molar-refractivity contribution in [2.24, 2.45) is 16.6 Å². The molecule has 1 aliphatic heterocycles. The molecule has 9 heteroatoms. The number of hydrogen-bond acceptors (Lipinski definition) is 6. The van der Waals surface area contributed by atoms with E-state index in [0.717, 1.165) is 11.1 Å². The Morgan fingerprint density at radius 2 is 2.00 bits per heavy atom. The zero-order valence-corrected chi connectivity index (χ0v) is 19.1. The number of carbonyl (C=O) groups excluding carboxylic acids is 1. The lowest BCUT2D eigenvalue weighted by molar-refractivity contribution is -0.131. The van der Waals surface area contributed by atoms with Crippen LogP contribution in [-0.4, -0.2) is 48.9 Å². The number of benzene rings is 2. The number of nitrogens with zero attached hydrogens (tertiary/aromatic N) is 2. The van der Waals surface area contributed by atoms with Crippen LogP contribution >= 0.6 is 0 Å².